The number of nitrogens with zero attached hydrogens (tertiary/aromatic N) is 6. The van der Waals surface area contributed by atoms with E-state index in [1.165, 1.54) is 84.8 Å². The molecule has 33 heavy (non-hydrogen) atoms. The Hall–Kier alpha value is -0.770. The summed E-state index contributed by atoms with van der Waals surface area (Å²) in [6.45, 7) is 22.5. The molecule has 0 saturated carbocycles. The van der Waals surface area contributed by atoms with Crippen LogP contribution in [-0.2, 0) is 4.79 Å². The molecule has 0 aromatic heterocycles. The van der Waals surface area contributed by atoms with Gasteiger partial charge in [0.25, 0.3) is 0 Å². The van der Waals surface area contributed by atoms with Crippen molar-refractivity contribution in [3.63, 3.8) is 0 Å². The highest BCUT2D eigenvalue weighted by Crippen LogP contribution is 2.18. The molecule has 0 unspecified atom stereocenters. The van der Waals surface area contributed by atoms with Crippen molar-refractivity contribution in [2.45, 2.75) is 45.7 Å². The van der Waals surface area contributed by atoms with Crippen molar-refractivity contribution in [2.24, 2.45) is 0 Å². The number of rotatable bonds is 5. The lowest BCUT2D eigenvalue weighted by Gasteiger charge is -2.46. The summed E-state index contributed by atoms with van der Waals surface area (Å²) in [4.78, 5) is 25.9. The van der Waals surface area contributed by atoms with Gasteiger partial charge in [0.1, 0.15) is 0 Å². The molecule has 0 aromatic rings. The first-order valence-electron chi connectivity index (χ1n) is 13.5. The Kier molecular flexibility index (Phi) is 13.2. The number of likely N-dealkylation sites (tertiary alicyclic amines) is 2. The second-order valence-corrected chi connectivity index (χ2v) is 9.93. The van der Waals surface area contributed by atoms with Gasteiger partial charge in [0.2, 0.25) is 5.91 Å². The van der Waals surface area contributed by atoms with Crippen molar-refractivity contribution in [3.05, 3.63) is 0 Å². The molecule has 0 atom stereocenters. The fourth-order valence-corrected chi connectivity index (χ4v) is 5.04. The maximum absolute atomic E-state index is 11.7. The van der Waals surface area contributed by atoms with E-state index in [0.717, 1.165) is 25.2 Å². The highest BCUT2D eigenvalue weighted by atomic mass is 16.2. The van der Waals surface area contributed by atoms with Gasteiger partial charge in [-0.25, -0.2) is 0 Å². The van der Waals surface area contributed by atoms with Gasteiger partial charge in [-0.3, -0.25) is 19.5 Å². The van der Waals surface area contributed by atoms with E-state index in [1.54, 1.807) is 4.90 Å². The van der Waals surface area contributed by atoms with E-state index in [9.17, 15) is 4.79 Å². The quantitative estimate of drug-likeness (QED) is 0.628. The fourth-order valence-electron chi connectivity index (χ4n) is 5.04. The van der Waals surface area contributed by atoms with Gasteiger partial charge < -0.3 is 20.0 Å². The lowest BCUT2D eigenvalue weighted by molar-refractivity contribution is -0.130. The molecule has 0 aliphatic carbocycles. The van der Waals surface area contributed by atoms with Crippen molar-refractivity contribution in [1.82, 2.24) is 34.7 Å². The average Bonchev–Trinajstić information content (AvgIpc) is 2.82. The minimum atomic E-state index is 0.220. The smallest absolute Gasteiger partial charge is 0.236 e. The van der Waals surface area contributed by atoms with E-state index in [4.69, 9.17) is 0 Å². The molecule has 1 N–H and O–H groups in total. The summed E-state index contributed by atoms with van der Waals surface area (Å²) >= 11 is 0. The molecular formula is C25H53N7O. The first-order chi connectivity index (χ1) is 16.0. The molecule has 4 fully saturated rings. The van der Waals surface area contributed by atoms with Crippen molar-refractivity contribution >= 4 is 5.91 Å². The number of piperazine rings is 2. The van der Waals surface area contributed by atoms with Gasteiger partial charge in [-0.15, -0.1) is 0 Å². The van der Waals surface area contributed by atoms with Crippen LogP contribution in [0.15, 0.2) is 0 Å². The van der Waals surface area contributed by atoms with Crippen molar-refractivity contribution < 1.29 is 4.79 Å². The standard InChI is InChI=1S/C14H28N4O.C9H19N3.C2H6/c1-15(2)14(19)12-17-6-4-13(5-7-17)18-10-8-16(3)9-11-18;1-2-11-7-9(8-11)12-5-3-10-4-6-12;1-2/h13H,4-12H2,1-3H3;9-10H,2-8H2,1H3;1-2H3. The van der Waals surface area contributed by atoms with Crippen LogP contribution in [0.25, 0.3) is 0 Å². The molecule has 4 aliphatic heterocycles. The lowest BCUT2D eigenvalue weighted by Crippen LogP contribution is -2.62. The molecule has 1 amide bonds. The number of hydrogen-bond acceptors (Lipinski definition) is 7. The average molecular weight is 468 g/mol. The van der Waals surface area contributed by atoms with Gasteiger partial charge in [0.15, 0.2) is 0 Å². The molecule has 0 bridgehead atoms. The molecule has 0 spiro atoms. The third-order valence-corrected chi connectivity index (χ3v) is 7.52. The molecule has 0 radical (unpaired) electrons. The highest BCUT2D eigenvalue weighted by molar-refractivity contribution is 5.77. The zero-order valence-electron chi connectivity index (χ0n) is 22.6. The molecule has 4 saturated heterocycles. The van der Waals surface area contributed by atoms with E-state index in [2.05, 4.69) is 43.8 Å². The van der Waals surface area contributed by atoms with Gasteiger partial charge >= 0.3 is 0 Å². The Balaban J connectivity index is 0.000000236. The van der Waals surface area contributed by atoms with E-state index in [-0.39, 0.29) is 5.91 Å². The summed E-state index contributed by atoms with van der Waals surface area (Å²) in [6.07, 6.45) is 2.43. The van der Waals surface area contributed by atoms with Crippen LogP contribution in [0.2, 0.25) is 0 Å². The number of carbonyl (C=O) groups is 1. The fraction of sp³-hybridized carbons (Fsp3) is 0.960. The van der Waals surface area contributed by atoms with Crippen LogP contribution in [0.5, 0.6) is 0 Å². The number of nitrogens with one attached hydrogen (secondary N) is 1. The Labute approximate surface area is 204 Å². The summed E-state index contributed by atoms with van der Waals surface area (Å²) in [5, 5.41) is 3.39. The first kappa shape index (κ1) is 28.5. The van der Waals surface area contributed by atoms with Gasteiger partial charge in [-0.05, 0) is 26.4 Å². The summed E-state index contributed by atoms with van der Waals surface area (Å²) in [7, 11) is 5.87. The van der Waals surface area contributed by atoms with Crippen LogP contribution in [-0.4, -0.2) is 160 Å². The van der Waals surface area contributed by atoms with Gasteiger partial charge in [-0.1, -0.05) is 20.8 Å². The second kappa shape index (κ2) is 15.3. The molecule has 194 valence electrons. The van der Waals surface area contributed by atoms with E-state index in [1.807, 2.05) is 27.9 Å². The zero-order valence-corrected chi connectivity index (χ0v) is 22.6. The van der Waals surface area contributed by atoms with Crippen LogP contribution in [0.1, 0.15) is 33.6 Å². The first-order valence-corrected chi connectivity index (χ1v) is 13.5. The second-order valence-electron chi connectivity index (χ2n) is 9.93. The maximum Gasteiger partial charge on any atom is 0.236 e. The molecule has 4 heterocycles. The van der Waals surface area contributed by atoms with Crippen LogP contribution < -0.4 is 5.32 Å². The minimum Gasteiger partial charge on any atom is -0.348 e. The van der Waals surface area contributed by atoms with Crippen molar-refractivity contribution in [3.8, 4) is 0 Å². The van der Waals surface area contributed by atoms with Crippen molar-refractivity contribution in [2.75, 3.05) is 113 Å². The third-order valence-electron chi connectivity index (χ3n) is 7.52. The van der Waals surface area contributed by atoms with Crippen LogP contribution in [0.4, 0.5) is 0 Å². The Morgan fingerprint density at radius 3 is 1.88 bits per heavy atom. The number of piperidine rings is 1. The van der Waals surface area contributed by atoms with Gasteiger partial charge in [-0.2, -0.15) is 0 Å². The number of carbonyl (C=O) groups excluding carboxylic acids is 1. The number of hydrogen-bond donors (Lipinski definition) is 1. The predicted octanol–water partition coefficient (Wildman–Crippen LogP) is 0.408. The van der Waals surface area contributed by atoms with Crippen LogP contribution in [0.3, 0.4) is 0 Å². The Bertz CT molecular complexity index is 519. The molecular weight excluding hydrogens is 414 g/mol. The summed E-state index contributed by atoms with van der Waals surface area (Å²) in [5.74, 6) is 0.220. The molecule has 0 aromatic carbocycles. The summed E-state index contributed by atoms with van der Waals surface area (Å²) in [5.41, 5.74) is 0. The van der Waals surface area contributed by atoms with Crippen LogP contribution in [0, 0.1) is 0 Å². The van der Waals surface area contributed by atoms with E-state index < -0.39 is 0 Å². The normalized spacial score (nSPS) is 24.8. The number of amides is 1. The zero-order chi connectivity index (χ0) is 24.2. The van der Waals surface area contributed by atoms with Gasteiger partial charge in [0, 0.05) is 105 Å². The predicted molar refractivity (Wildman–Crippen MR) is 139 cm³/mol. The summed E-state index contributed by atoms with van der Waals surface area (Å²) < 4.78 is 0. The lowest BCUT2D eigenvalue weighted by atomic mass is 10.0. The largest absolute Gasteiger partial charge is 0.348 e. The van der Waals surface area contributed by atoms with Crippen molar-refractivity contribution in [1.29, 1.82) is 0 Å². The SMILES string of the molecule is CC.CCN1CC(N2CCNCC2)C1.CN1CCN(C2CCN(CC(=O)N(C)C)CC2)CC1. The third kappa shape index (κ3) is 9.42. The van der Waals surface area contributed by atoms with E-state index >= 15 is 0 Å². The topological polar surface area (TPSA) is 48.5 Å². The summed E-state index contributed by atoms with van der Waals surface area (Å²) in [6, 6.07) is 1.60. The molecule has 8 heteroatoms. The van der Waals surface area contributed by atoms with Gasteiger partial charge in [0.05, 0.1) is 6.54 Å². The van der Waals surface area contributed by atoms with E-state index in [0.29, 0.717) is 6.54 Å². The molecule has 8 nitrogen and oxygen atoms in total. The number of likely N-dealkylation sites (N-methyl/N-ethyl adjacent to an activating group) is 3. The highest BCUT2D eigenvalue weighted by Gasteiger charge is 2.31. The Morgan fingerprint density at radius 2 is 1.36 bits per heavy atom. The molecule has 4 rings (SSSR count). The monoisotopic (exact) mass is 467 g/mol. The molecule has 4 aliphatic rings. The minimum absolute atomic E-state index is 0.220. The van der Waals surface area contributed by atoms with Crippen LogP contribution >= 0.6 is 0 Å². The Morgan fingerprint density at radius 1 is 0.818 bits per heavy atom. The maximum atomic E-state index is 11.7.